The molecule has 0 aromatic heterocycles. The van der Waals surface area contributed by atoms with E-state index in [0.717, 1.165) is 25.7 Å². The lowest BCUT2D eigenvalue weighted by molar-refractivity contribution is -0.131. The molecule has 1 aliphatic heterocycles. The van der Waals surface area contributed by atoms with E-state index in [9.17, 15) is 18.0 Å². The van der Waals surface area contributed by atoms with Crippen LogP contribution >= 0.6 is 0 Å². The van der Waals surface area contributed by atoms with Crippen molar-refractivity contribution in [3.05, 3.63) is 0 Å². The lowest BCUT2D eigenvalue weighted by Gasteiger charge is -2.30. The molecule has 1 saturated carbocycles. The fourth-order valence-corrected chi connectivity index (χ4v) is 2.60. The molecule has 1 fully saturated rings. The van der Waals surface area contributed by atoms with E-state index in [0.29, 0.717) is 5.92 Å². The standard InChI is InChI=1S/C12H17F3N2O/c1-8-2-4-10(5-3-8)17-11(18)6-9(16-17)7-12(13,14)15/h8,10H,2-7H2,1H3. The van der Waals surface area contributed by atoms with E-state index in [2.05, 4.69) is 12.0 Å². The van der Waals surface area contributed by atoms with E-state index in [1.165, 1.54) is 5.01 Å². The van der Waals surface area contributed by atoms with Gasteiger partial charge in [0.15, 0.2) is 0 Å². The van der Waals surface area contributed by atoms with Crippen molar-refractivity contribution in [3.8, 4) is 0 Å². The minimum atomic E-state index is -4.28. The van der Waals surface area contributed by atoms with Crippen LogP contribution in [0.25, 0.3) is 0 Å². The predicted octanol–water partition coefficient (Wildman–Crippen LogP) is 3.11. The molecule has 0 aromatic rings. The van der Waals surface area contributed by atoms with Gasteiger partial charge in [0.1, 0.15) is 0 Å². The monoisotopic (exact) mass is 262 g/mol. The average Bonchev–Trinajstić information content (AvgIpc) is 2.58. The first-order chi connectivity index (χ1) is 8.35. The number of hydrazone groups is 1. The summed E-state index contributed by atoms with van der Waals surface area (Å²) in [6.45, 7) is 2.15. The number of carbonyl (C=O) groups is 1. The molecule has 18 heavy (non-hydrogen) atoms. The van der Waals surface area contributed by atoms with Crippen LogP contribution in [0.3, 0.4) is 0 Å². The molecule has 0 bridgehead atoms. The molecule has 0 atom stereocenters. The van der Waals surface area contributed by atoms with Gasteiger partial charge in [-0.25, -0.2) is 5.01 Å². The highest BCUT2D eigenvalue weighted by Crippen LogP contribution is 2.31. The van der Waals surface area contributed by atoms with Crippen LogP contribution in [0, 0.1) is 5.92 Å². The first-order valence-electron chi connectivity index (χ1n) is 6.30. The Balaban J connectivity index is 1.98. The van der Waals surface area contributed by atoms with E-state index in [4.69, 9.17) is 0 Å². The van der Waals surface area contributed by atoms with Crippen LogP contribution < -0.4 is 0 Å². The van der Waals surface area contributed by atoms with Crippen molar-refractivity contribution in [2.45, 2.75) is 57.7 Å². The van der Waals surface area contributed by atoms with Gasteiger partial charge in [0.05, 0.1) is 24.6 Å². The second kappa shape index (κ2) is 4.90. The number of nitrogens with zero attached hydrogens (tertiary/aromatic N) is 2. The highest BCUT2D eigenvalue weighted by atomic mass is 19.4. The first-order valence-corrected chi connectivity index (χ1v) is 6.30. The molecule has 0 N–H and O–H groups in total. The molecular weight excluding hydrogens is 245 g/mol. The number of hydrogen-bond donors (Lipinski definition) is 0. The third-order valence-corrected chi connectivity index (χ3v) is 3.60. The molecule has 0 radical (unpaired) electrons. The second-order valence-corrected chi connectivity index (χ2v) is 5.29. The van der Waals surface area contributed by atoms with Crippen molar-refractivity contribution in [2.24, 2.45) is 11.0 Å². The fraction of sp³-hybridized carbons (Fsp3) is 0.833. The van der Waals surface area contributed by atoms with Gasteiger partial charge in [-0.3, -0.25) is 4.79 Å². The number of halogens is 3. The zero-order valence-corrected chi connectivity index (χ0v) is 10.3. The van der Waals surface area contributed by atoms with Crippen molar-refractivity contribution in [2.75, 3.05) is 0 Å². The lowest BCUT2D eigenvalue weighted by Crippen LogP contribution is -2.35. The summed E-state index contributed by atoms with van der Waals surface area (Å²) < 4.78 is 36.7. The van der Waals surface area contributed by atoms with Crippen LogP contribution in [-0.2, 0) is 4.79 Å². The van der Waals surface area contributed by atoms with Gasteiger partial charge in [-0.1, -0.05) is 6.92 Å². The summed E-state index contributed by atoms with van der Waals surface area (Å²) in [5, 5.41) is 5.18. The molecule has 0 spiro atoms. The Bertz CT molecular complexity index is 357. The van der Waals surface area contributed by atoms with Crippen molar-refractivity contribution in [1.82, 2.24) is 5.01 Å². The van der Waals surface area contributed by atoms with Gasteiger partial charge in [-0.15, -0.1) is 0 Å². The highest BCUT2D eigenvalue weighted by Gasteiger charge is 2.37. The van der Waals surface area contributed by atoms with Gasteiger partial charge in [0.2, 0.25) is 5.91 Å². The summed E-state index contributed by atoms with van der Waals surface area (Å²) in [7, 11) is 0. The second-order valence-electron chi connectivity index (χ2n) is 5.29. The van der Waals surface area contributed by atoms with Crippen LogP contribution in [0.2, 0.25) is 0 Å². The third kappa shape index (κ3) is 3.23. The quantitative estimate of drug-likeness (QED) is 0.752. The SMILES string of the molecule is CC1CCC(N2N=C(CC(F)(F)F)CC2=O)CC1. The summed E-state index contributed by atoms with van der Waals surface area (Å²) in [6.07, 6.45) is -1.82. The summed E-state index contributed by atoms with van der Waals surface area (Å²) in [6, 6.07) is -0.000524. The normalized spacial score (nSPS) is 29.7. The third-order valence-electron chi connectivity index (χ3n) is 3.60. The zero-order chi connectivity index (χ0) is 13.3. The number of amides is 1. The zero-order valence-electron chi connectivity index (χ0n) is 10.3. The highest BCUT2D eigenvalue weighted by molar-refractivity contribution is 6.05. The topological polar surface area (TPSA) is 32.7 Å². The molecule has 0 saturated heterocycles. The largest absolute Gasteiger partial charge is 0.394 e. The molecule has 0 unspecified atom stereocenters. The van der Waals surface area contributed by atoms with Crippen LogP contribution in [0.15, 0.2) is 5.10 Å². The van der Waals surface area contributed by atoms with Gasteiger partial charge >= 0.3 is 6.18 Å². The van der Waals surface area contributed by atoms with Crippen LogP contribution in [0.1, 0.15) is 45.4 Å². The maximum Gasteiger partial charge on any atom is 0.394 e. The molecular formula is C12H17F3N2O. The average molecular weight is 262 g/mol. The predicted molar refractivity (Wildman–Crippen MR) is 61.0 cm³/mol. The van der Waals surface area contributed by atoms with E-state index in [-0.39, 0.29) is 24.1 Å². The van der Waals surface area contributed by atoms with E-state index in [1.54, 1.807) is 0 Å². The Morgan fingerprint density at radius 3 is 2.44 bits per heavy atom. The van der Waals surface area contributed by atoms with Gasteiger partial charge in [0.25, 0.3) is 0 Å². The van der Waals surface area contributed by atoms with Gasteiger partial charge in [-0.2, -0.15) is 18.3 Å². The Morgan fingerprint density at radius 2 is 1.89 bits per heavy atom. The summed E-state index contributed by atoms with van der Waals surface area (Å²) in [4.78, 5) is 11.7. The number of carbonyl (C=O) groups excluding carboxylic acids is 1. The molecule has 0 aromatic carbocycles. The molecule has 6 heteroatoms. The van der Waals surface area contributed by atoms with E-state index < -0.39 is 12.6 Å². The fourth-order valence-electron chi connectivity index (χ4n) is 2.60. The Kier molecular flexibility index (Phi) is 3.64. The minimum Gasteiger partial charge on any atom is -0.273 e. The smallest absolute Gasteiger partial charge is 0.273 e. The van der Waals surface area contributed by atoms with Gasteiger partial charge < -0.3 is 0 Å². The van der Waals surface area contributed by atoms with Crippen LogP contribution in [0.4, 0.5) is 13.2 Å². The molecule has 1 aliphatic carbocycles. The van der Waals surface area contributed by atoms with E-state index >= 15 is 0 Å². The van der Waals surface area contributed by atoms with Crippen molar-refractivity contribution < 1.29 is 18.0 Å². The summed E-state index contributed by atoms with van der Waals surface area (Å²) in [5.74, 6) is 0.353. The molecule has 1 heterocycles. The minimum absolute atomic E-state index is 0.000524. The maximum atomic E-state index is 12.2. The Morgan fingerprint density at radius 1 is 1.28 bits per heavy atom. The van der Waals surface area contributed by atoms with Crippen molar-refractivity contribution in [3.63, 3.8) is 0 Å². The molecule has 2 rings (SSSR count). The number of rotatable bonds is 2. The summed E-state index contributed by atoms with van der Waals surface area (Å²) in [5.41, 5.74) is -0.0499. The van der Waals surface area contributed by atoms with Crippen molar-refractivity contribution in [1.29, 1.82) is 0 Å². The lowest BCUT2D eigenvalue weighted by atomic mass is 9.87. The maximum absolute atomic E-state index is 12.2. The van der Waals surface area contributed by atoms with Crippen molar-refractivity contribution >= 4 is 11.6 Å². The Labute approximate surface area is 104 Å². The van der Waals surface area contributed by atoms with Gasteiger partial charge in [0, 0.05) is 0 Å². The van der Waals surface area contributed by atoms with E-state index in [1.807, 2.05) is 0 Å². The molecule has 3 nitrogen and oxygen atoms in total. The van der Waals surface area contributed by atoms with Gasteiger partial charge in [-0.05, 0) is 31.6 Å². The Hall–Kier alpha value is -1.07. The number of hydrogen-bond acceptors (Lipinski definition) is 2. The summed E-state index contributed by atoms with van der Waals surface area (Å²) >= 11 is 0. The molecule has 1 amide bonds. The molecule has 102 valence electrons. The first kappa shape index (κ1) is 13.4. The van der Waals surface area contributed by atoms with Crippen LogP contribution in [-0.4, -0.2) is 28.8 Å². The molecule has 2 aliphatic rings. The van der Waals surface area contributed by atoms with Crippen LogP contribution in [0.5, 0.6) is 0 Å². The number of alkyl halides is 3.